The topological polar surface area (TPSA) is 175 Å². The summed E-state index contributed by atoms with van der Waals surface area (Å²) in [6.45, 7) is 5.80. The van der Waals surface area contributed by atoms with Gasteiger partial charge in [0.2, 0.25) is 0 Å². The second kappa shape index (κ2) is 40.4. The van der Waals surface area contributed by atoms with Crippen molar-refractivity contribution in [2.24, 2.45) is 0 Å². The third-order valence-electron chi connectivity index (χ3n) is 11.2. The Morgan fingerprint density at radius 2 is 1.00 bits per heavy atom. The molecule has 1 heterocycles. The molecule has 1 saturated heterocycles. The Bertz CT molecular complexity index is 1250. The first kappa shape index (κ1) is 58.0. The van der Waals surface area contributed by atoms with E-state index in [1.807, 2.05) is 0 Å². The lowest BCUT2D eigenvalue weighted by Crippen LogP contribution is -2.61. The fourth-order valence-electron chi connectivity index (χ4n) is 7.27. The number of hydrogen-bond acceptors (Lipinski definition) is 11. The van der Waals surface area contributed by atoms with Crippen molar-refractivity contribution >= 4 is 23.9 Å². The number of allylic oxidation sites excluding steroid dienone is 6. The minimum absolute atomic E-state index is 0.0606. The number of aliphatic carboxylic acids is 1. The molecule has 1 rings (SSSR count). The largest absolute Gasteiger partial charge is 0.479 e. The third-order valence-corrected chi connectivity index (χ3v) is 11.2. The molecule has 12 heteroatoms. The molecule has 0 saturated carbocycles. The van der Waals surface area contributed by atoms with Gasteiger partial charge in [0.1, 0.15) is 18.8 Å². The summed E-state index contributed by atoms with van der Waals surface area (Å²) in [6, 6.07) is 0. The first-order valence-corrected chi connectivity index (χ1v) is 25.0. The zero-order valence-corrected chi connectivity index (χ0v) is 39.6. The van der Waals surface area contributed by atoms with Crippen LogP contribution in [0.4, 0.5) is 0 Å². The number of carboxylic acid groups (broad SMARTS) is 1. The standard InChI is InChI=1S/C51H88O12/c1-4-7-10-13-16-19-21-22-24-26-28-31-34-37-43(52)59-40-42(61-44(53)38-35-32-30-27-23-20-17-14-11-8-5-2)41-60-51-49(47(56)46(55)48(63-51)50(57)58)62-45(54)39-36-33-29-25-18-15-12-9-6-3/h10,13-14,17,19,21,42,46-49,51,55-56H,4-9,11-12,15-16,18,20,22-41H2,1-3H3,(H,57,58)/b13-10-,17-14-,21-19-. The molecule has 1 fully saturated rings. The Balaban J connectivity index is 2.76. The van der Waals surface area contributed by atoms with Crippen molar-refractivity contribution in [3.8, 4) is 0 Å². The second-order valence-electron chi connectivity index (χ2n) is 17.1. The molecule has 364 valence electrons. The van der Waals surface area contributed by atoms with Crippen LogP contribution in [0.2, 0.25) is 0 Å². The van der Waals surface area contributed by atoms with E-state index < -0.39 is 67.3 Å². The van der Waals surface area contributed by atoms with Gasteiger partial charge in [-0.2, -0.15) is 0 Å². The zero-order valence-electron chi connectivity index (χ0n) is 39.6. The van der Waals surface area contributed by atoms with Crippen molar-refractivity contribution in [1.82, 2.24) is 0 Å². The summed E-state index contributed by atoms with van der Waals surface area (Å²) < 4.78 is 28.2. The molecule has 6 atom stereocenters. The molecule has 0 radical (unpaired) electrons. The van der Waals surface area contributed by atoms with Crippen molar-refractivity contribution in [2.75, 3.05) is 13.2 Å². The van der Waals surface area contributed by atoms with Gasteiger partial charge < -0.3 is 39.0 Å². The molecule has 6 unspecified atom stereocenters. The molecule has 0 aromatic rings. The van der Waals surface area contributed by atoms with Gasteiger partial charge in [0.25, 0.3) is 0 Å². The average Bonchev–Trinajstić information content (AvgIpc) is 3.26. The van der Waals surface area contributed by atoms with Gasteiger partial charge in [-0.3, -0.25) is 14.4 Å². The zero-order chi connectivity index (χ0) is 46.2. The summed E-state index contributed by atoms with van der Waals surface area (Å²) >= 11 is 0. The Labute approximate surface area is 381 Å². The Morgan fingerprint density at radius 1 is 0.524 bits per heavy atom. The SMILES string of the molecule is CCC/C=C\C/C=C\CCCCCCCC(=O)OCC(COC1OC(C(=O)O)C(O)C(O)C1OC(=O)CCCCCCCCCCC)OC(=O)CCCCCCC/C=C\CCCC. The van der Waals surface area contributed by atoms with E-state index in [4.69, 9.17) is 23.7 Å². The average molecular weight is 893 g/mol. The van der Waals surface area contributed by atoms with Gasteiger partial charge in [0, 0.05) is 19.3 Å². The van der Waals surface area contributed by atoms with Crippen LogP contribution in [0.15, 0.2) is 36.5 Å². The van der Waals surface area contributed by atoms with E-state index in [9.17, 15) is 34.5 Å². The Hall–Kier alpha value is -3.06. The van der Waals surface area contributed by atoms with E-state index in [1.54, 1.807) is 0 Å². The smallest absolute Gasteiger partial charge is 0.335 e. The van der Waals surface area contributed by atoms with Crippen LogP contribution >= 0.6 is 0 Å². The van der Waals surface area contributed by atoms with Crippen molar-refractivity contribution in [3.05, 3.63) is 36.5 Å². The van der Waals surface area contributed by atoms with Gasteiger partial charge in [-0.15, -0.1) is 0 Å². The number of carbonyl (C=O) groups excluding carboxylic acids is 3. The van der Waals surface area contributed by atoms with Gasteiger partial charge in [-0.05, 0) is 64.2 Å². The molecule has 12 nitrogen and oxygen atoms in total. The fraction of sp³-hybridized carbons (Fsp3) is 0.804. The number of ether oxygens (including phenoxy) is 5. The lowest BCUT2D eigenvalue weighted by Gasteiger charge is -2.40. The number of aliphatic hydroxyl groups excluding tert-OH is 2. The maximum Gasteiger partial charge on any atom is 0.335 e. The number of aliphatic hydroxyl groups is 2. The van der Waals surface area contributed by atoms with Gasteiger partial charge in [-0.1, -0.05) is 166 Å². The highest BCUT2D eigenvalue weighted by molar-refractivity contribution is 5.74. The number of rotatable bonds is 41. The van der Waals surface area contributed by atoms with Crippen LogP contribution in [0.1, 0.15) is 213 Å². The van der Waals surface area contributed by atoms with E-state index in [0.29, 0.717) is 19.3 Å². The predicted molar refractivity (Wildman–Crippen MR) is 248 cm³/mol. The highest BCUT2D eigenvalue weighted by Crippen LogP contribution is 2.26. The summed E-state index contributed by atoms with van der Waals surface area (Å²) in [5.74, 6) is -3.15. The molecule has 0 aliphatic carbocycles. The van der Waals surface area contributed by atoms with Gasteiger partial charge in [-0.25, -0.2) is 4.79 Å². The van der Waals surface area contributed by atoms with Gasteiger partial charge in [0.15, 0.2) is 24.6 Å². The van der Waals surface area contributed by atoms with Crippen LogP contribution in [-0.4, -0.2) is 89.2 Å². The Morgan fingerprint density at radius 3 is 1.56 bits per heavy atom. The van der Waals surface area contributed by atoms with E-state index >= 15 is 0 Å². The summed E-state index contributed by atoms with van der Waals surface area (Å²) in [4.78, 5) is 50.6. The highest BCUT2D eigenvalue weighted by atomic mass is 16.7. The van der Waals surface area contributed by atoms with E-state index in [-0.39, 0.29) is 25.9 Å². The fourth-order valence-corrected chi connectivity index (χ4v) is 7.27. The molecule has 0 amide bonds. The molecular weight excluding hydrogens is 805 g/mol. The minimum Gasteiger partial charge on any atom is -0.479 e. The normalized spacial score (nSPS) is 19.5. The van der Waals surface area contributed by atoms with Crippen molar-refractivity contribution in [1.29, 1.82) is 0 Å². The molecule has 1 aliphatic heterocycles. The summed E-state index contributed by atoms with van der Waals surface area (Å²) in [5, 5.41) is 31.2. The van der Waals surface area contributed by atoms with Crippen LogP contribution in [0.25, 0.3) is 0 Å². The number of unbranched alkanes of at least 4 members (excludes halogenated alkanes) is 21. The quantitative estimate of drug-likeness (QED) is 0.0230. The molecule has 63 heavy (non-hydrogen) atoms. The number of esters is 3. The van der Waals surface area contributed by atoms with E-state index in [0.717, 1.165) is 116 Å². The molecule has 3 N–H and O–H groups in total. The Kier molecular flexibility index (Phi) is 37.2. The van der Waals surface area contributed by atoms with E-state index in [1.165, 1.54) is 38.5 Å². The van der Waals surface area contributed by atoms with Gasteiger partial charge >= 0.3 is 23.9 Å². The predicted octanol–water partition coefficient (Wildman–Crippen LogP) is 11.3. The lowest BCUT2D eigenvalue weighted by molar-refractivity contribution is -0.301. The van der Waals surface area contributed by atoms with Crippen LogP contribution < -0.4 is 0 Å². The second-order valence-corrected chi connectivity index (χ2v) is 17.1. The van der Waals surface area contributed by atoms with Crippen molar-refractivity contribution in [3.63, 3.8) is 0 Å². The number of carboxylic acids is 1. The molecule has 0 bridgehead atoms. The van der Waals surface area contributed by atoms with E-state index in [2.05, 4.69) is 57.2 Å². The highest BCUT2D eigenvalue weighted by Gasteiger charge is 2.50. The number of carbonyl (C=O) groups is 4. The third kappa shape index (κ3) is 31.5. The first-order valence-electron chi connectivity index (χ1n) is 25.0. The molecule has 1 aliphatic rings. The minimum atomic E-state index is -1.90. The summed E-state index contributed by atoms with van der Waals surface area (Å²) in [6.07, 6.45) is 31.6. The summed E-state index contributed by atoms with van der Waals surface area (Å²) in [5.41, 5.74) is 0. The number of hydrogen-bond donors (Lipinski definition) is 3. The monoisotopic (exact) mass is 893 g/mol. The maximum absolute atomic E-state index is 13.0. The van der Waals surface area contributed by atoms with Gasteiger partial charge in [0.05, 0.1) is 6.61 Å². The van der Waals surface area contributed by atoms with Crippen molar-refractivity contribution < 1.29 is 58.2 Å². The van der Waals surface area contributed by atoms with Crippen LogP contribution in [-0.2, 0) is 42.9 Å². The molecule has 0 aromatic heterocycles. The molecule has 0 spiro atoms. The molecular formula is C51H88O12. The lowest BCUT2D eigenvalue weighted by atomic mass is 9.98. The summed E-state index contributed by atoms with van der Waals surface area (Å²) in [7, 11) is 0. The van der Waals surface area contributed by atoms with Crippen LogP contribution in [0.3, 0.4) is 0 Å². The van der Waals surface area contributed by atoms with Crippen LogP contribution in [0, 0.1) is 0 Å². The first-order chi connectivity index (χ1) is 30.6. The maximum atomic E-state index is 13.0. The van der Waals surface area contributed by atoms with Crippen molar-refractivity contribution in [2.45, 2.75) is 250 Å². The van der Waals surface area contributed by atoms with Crippen LogP contribution in [0.5, 0.6) is 0 Å². The molecule has 0 aromatic carbocycles.